The van der Waals surface area contributed by atoms with Gasteiger partial charge in [0.1, 0.15) is 5.69 Å². The summed E-state index contributed by atoms with van der Waals surface area (Å²) in [5.41, 5.74) is -3.42. The maximum absolute atomic E-state index is 12.9. The molecule has 0 radical (unpaired) electrons. The average Bonchev–Trinajstić information content (AvgIpc) is 2.15. The highest BCUT2D eigenvalue weighted by Crippen LogP contribution is 2.26. The predicted molar refractivity (Wildman–Crippen MR) is 46.0 cm³/mol. The van der Waals surface area contributed by atoms with Crippen molar-refractivity contribution in [2.45, 2.75) is 6.43 Å². The summed E-state index contributed by atoms with van der Waals surface area (Å²) in [4.78, 5) is 22.8. The molecule has 0 atom stereocenters. The molecule has 0 bridgehead atoms. The van der Waals surface area contributed by atoms with E-state index in [0.29, 0.717) is 0 Å². The van der Waals surface area contributed by atoms with Crippen LogP contribution in [0.1, 0.15) is 22.6 Å². The predicted octanol–water partition coefficient (Wildman–Crippen LogP) is 2.45. The minimum atomic E-state index is -3.30. The summed E-state index contributed by atoms with van der Waals surface area (Å²) in [6, 6.07) is 0.185. The van der Waals surface area contributed by atoms with Crippen molar-refractivity contribution in [2.75, 3.05) is 0 Å². The molecule has 0 fully saturated rings. The highest BCUT2D eigenvalue weighted by Gasteiger charge is 2.27. The molecule has 0 aromatic carbocycles. The Kier molecular flexibility index (Phi) is 3.43. The summed E-state index contributed by atoms with van der Waals surface area (Å²) in [5.74, 6) is -1.57. The topological polar surface area (TPSA) is 73.1 Å². The van der Waals surface area contributed by atoms with Crippen molar-refractivity contribution in [2.24, 2.45) is 0 Å². The van der Waals surface area contributed by atoms with Gasteiger partial charge in [-0.05, 0) is 11.6 Å². The summed E-state index contributed by atoms with van der Waals surface area (Å²) in [6.45, 7) is 0. The second-order valence-electron chi connectivity index (χ2n) is 2.55. The highest BCUT2D eigenvalue weighted by molar-refractivity contribution is 6.67. The van der Waals surface area contributed by atoms with Crippen molar-refractivity contribution in [3.8, 4) is 0 Å². The first-order valence-electron chi connectivity index (χ1n) is 3.67. The standard InChI is InChI=1S/C7H2ClF3N2O3/c8-6(14)5-3(13(15)16)1-2(9)4(12-5)7(10)11/h1,7H. The van der Waals surface area contributed by atoms with Gasteiger partial charge in [-0.2, -0.15) is 0 Å². The van der Waals surface area contributed by atoms with E-state index in [9.17, 15) is 28.1 Å². The van der Waals surface area contributed by atoms with Crippen LogP contribution >= 0.6 is 11.6 Å². The fraction of sp³-hybridized carbons (Fsp3) is 0.143. The quantitative estimate of drug-likeness (QED) is 0.472. The zero-order valence-electron chi connectivity index (χ0n) is 7.29. The number of pyridine rings is 1. The number of carbonyl (C=O) groups is 1. The lowest BCUT2D eigenvalue weighted by Crippen LogP contribution is -2.07. The van der Waals surface area contributed by atoms with Crippen LogP contribution in [-0.2, 0) is 0 Å². The first kappa shape index (κ1) is 12.4. The van der Waals surface area contributed by atoms with Crippen LogP contribution in [0.5, 0.6) is 0 Å². The van der Waals surface area contributed by atoms with Gasteiger partial charge in [0.05, 0.1) is 11.0 Å². The molecule has 0 spiro atoms. The molecule has 9 heteroatoms. The lowest BCUT2D eigenvalue weighted by atomic mass is 10.2. The second kappa shape index (κ2) is 4.44. The molecular weight excluding hydrogens is 253 g/mol. The summed E-state index contributed by atoms with van der Waals surface area (Å²) in [7, 11) is 0. The number of carbonyl (C=O) groups excluding carboxylic acids is 1. The molecule has 0 aliphatic rings. The number of aromatic nitrogens is 1. The number of hydrogen-bond acceptors (Lipinski definition) is 4. The Morgan fingerprint density at radius 3 is 2.50 bits per heavy atom. The Morgan fingerprint density at radius 1 is 1.56 bits per heavy atom. The van der Waals surface area contributed by atoms with Gasteiger partial charge < -0.3 is 0 Å². The maximum Gasteiger partial charge on any atom is 0.302 e. The average molecular weight is 255 g/mol. The summed E-state index contributed by atoms with van der Waals surface area (Å²) < 4.78 is 37.3. The molecule has 5 nitrogen and oxygen atoms in total. The maximum atomic E-state index is 12.9. The third-order valence-corrected chi connectivity index (χ3v) is 1.75. The van der Waals surface area contributed by atoms with E-state index in [1.807, 2.05) is 0 Å². The van der Waals surface area contributed by atoms with Crippen LogP contribution < -0.4 is 0 Å². The molecule has 1 heterocycles. The Labute approximate surface area is 91.0 Å². The van der Waals surface area contributed by atoms with E-state index in [1.54, 1.807) is 0 Å². The van der Waals surface area contributed by atoms with E-state index in [0.717, 1.165) is 0 Å². The van der Waals surface area contributed by atoms with Crippen molar-refractivity contribution in [1.29, 1.82) is 0 Å². The first-order valence-corrected chi connectivity index (χ1v) is 4.05. The number of nitro groups is 1. The van der Waals surface area contributed by atoms with E-state index in [-0.39, 0.29) is 6.07 Å². The molecule has 0 saturated heterocycles. The number of halogens is 4. The monoisotopic (exact) mass is 254 g/mol. The Bertz CT molecular complexity index is 466. The minimum absolute atomic E-state index is 0.185. The van der Waals surface area contributed by atoms with Gasteiger partial charge in [-0.15, -0.1) is 0 Å². The number of hydrogen-bond donors (Lipinski definition) is 0. The molecular formula is C7H2ClF3N2O3. The lowest BCUT2D eigenvalue weighted by molar-refractivity contribution is -0.385. The van der Waals surface area contributed by atoms with Crippen molar-refractivity contribution >= 4 is 22.5 Å². The molecule has 0 aliphatic heterocycles. The fourth-order valence-corrected chi connectivity index (χ4v) is 1.07. The van der Waals surface area contributed by atoms with Crippen molar-refractivity contribution in [3.05, 3.63) is 33.4 Å². The molecule has 1 rings (SSSR count). The highest BCUT2D eigenvalue weighted by atomic mass is 35.5. The fourth-order valence-electron chi connectivity index (χ4n) is 0.930. The van der Waals surface area contributed by atoms with E-state index < -0.39 is 39.5 Å². The second-order valence-corrected chi connectivity index (χ2v) is 2.90. The van der Waals surface area contributed by atoms with Gasteiger partial charge in [-0.25, -0.2) is 18.2 Å². The van der Waals surface area contributed by atoms with Gasteiger partial charge in [-0.1, -0.05) is 0 Å². The van der Waals surface area contributed by atoms with Crippen LogP contribution in [-0.4, -0.2) is 15.1 Å². The van der Waals surface area contributed by atoms with Crippen LogP contribution in [0, 0.1) is 15.9 Å². The lowest BCUT2D eigenvalue weighted by Gasteiger charge is -2.03. The molecule has 1 aromatic heterocycles. The van der Waals surface area contributed by atoms with Gasteiger partial charge in [0, 0.05) is 0 Å². The summed E-state index contributed by atoms with van der Waals surface area (Å²) >= 11 is 4.91. The smallest absolute Gasteiger partial charge is 0.274 e. The van der Waals surface area contributed by atoms with Crippen LogP contribution in [0.2, 0.25) is 0 Å². The van der Waals surface area contributed by atoms with Crippen molar-refractivity contribution in [1.82, 2.24) is 4.98 Å². The first-order chi connectivity index (χ1) is 7.34. The molecule has 0 unspecified atom stereocenters. The Hall–Kier alpha value is -1.70. The molecule has 0 amide bonds. The zero-order chi connectivity index (χ0) is 12.5. The minimum Gasteiger partial charge on any atom is -0.274 e. The third kappa shape index (κ3) is 2.27. The van der Waals surface area contributed by atoms with Crippen LogP contribution in [0.4, 0.5) is 18.9 Å². The Balaban J connectivity index is 3.49. The normalized spacial score (nSPS) is 10.6. The molecule has 0 saturated carbocycles. The largest absolute Gasteiger partial charge is 0.302 e. The zero-order valence-corrected chi connectivity index (χ0v) is 8.04. The van der Waals surface area contributed by atoms with Gasteiger partial charge >= 0.3 is 5.69 Å². The Morgan fingerprint density at radius 2 is 2.12 bits per heavy atom. The molecule has 1 aromatic rings. The van der Waals surface area contributed by atoms with Crippen molar-refractivity contribution < 1.29 is 22.9 Å². The number of alkyl halides is 2. The van der Waals surface area contributed by atoms with E-state index in [4.69, 9.17) is 11.6 Å². The number of nitrogens with zero attached hydrogens (tertiary/aromatic N) is 2. The molecule has 16 heavy (non-hydrogen) atoms. The summed E-state index contributed by atoms with van der Waals surface area (Å²) in [5, 5.41) is 8.95. The van der Waals surface area contributed by atoms with E-state index in [1.165, 1.54) is 0 Å². The molecule has 86 valence electrons. The van der Waals surface area contributed by atoms with Crippen molar-refractivity contribution in [3.63, 3.8) is 0 Å². The van der Waals surface area contributed by atoms with E-state index in [2.05, 4.69) is 4.98 Å². The summed E-state index contributed by atoms with van der Waals surface area (Å²) in [6.07, 6.45) is -3.30. The van der Waals surface area contributed by atoms with Gasteiger partial charge in [0.15, 0.2) is 5.82 Å². The SMILES string of the molecule is O=C(Cl)c1nc(C(F)F)c(F)cc1[N+](=O)[O-]. The molecule has 0 N–H and O–H groups in total. The van der Waals surface area contributed by atoms with Gasteiger partial charge in [0.2, 0.25) is 5.69 Å². The van der Waals surface area contributed by atoms with Crippen LogP contribution in [0.3, 0.4) is 0 Å². The third-order valence-electron chi connectivity index (χ3n) is 1.57. The van der Waals surface area contributed by atoms with Gasteiger partial charge in [0.25, 0.3) is 11.7 Å². The van der Waals surface area contributed by atoms with Gasteiger partial charge in [-0.3, -0.25) is 14.9 Å². The van der Waals surface area contributed by atoms with Crippen LogP contribution in [0.15, 0.2) is 6.07 Å². The molecule has 0 aliphatic carbocycles. The number of rotatable bonds is 3. The van der Waals surface area contributed by atoms with E-state index >= 15 is 0 Å². The van der Waals surface area contributed by atoms with Crippen LogP contribution in [0.25, 0.3) is 0 Å².